The lowest BCUT2D eigenvalue weighted by atomic mass is 10.1. The van der Waals surface area contributed by atoms with Crippen LogP contribution in [0.1, 0.15) is 23.7 Å². The van der Waals surface area contributed by atoms with Crippen LogP contribution in [0.2, 0.25) is 0 Å². The topological polar surface area (TPSA) is 119 Å². The van der Waals surface area contributed by atoms with Crippen LogP contribution in [0.15, 0.2) is 21.5 Å². The van der Waals surface area contributed by atoms with Crippen molar-refractivity contribution in [2.75, 3.05) is 27.2 Å². The van der Waals surface area contributed by atoms with Gasteiger partial charge in [-0.2, -0.15) is 0 Å². The highest BCUT2D eigenvalue weighted by Crippen LogP contribution is 2.30. The van der Waals surface area contributed by atoms with Gasteiger partial charge in [0, 0.05) is 18.1 Å². The van der Waals surface area contributed by atoms with E-state index in [1.807, 2.05) is 6.92 Å². The van der Waals surface area contributed by atoms with Crippen molar-refractivity contribution in [2.45, 2.75) is 18.2 Å². The number of carbonyl (C=O) groups excluding carboxylic acids is 2. The predicted molar refractivity (Wildman–Crippen MR) is 92.3 cm³/mol. The first kappa shape index (κ1) is 20.4. The maximum absolute atomic E-state index is 12.8. The molecule has 0 aliphatic heterocycles. The summed E-state index contributed by atoms with van der Waals surface area (Å²) in [7, 11) is -1.20. The zero-order chi connectivity index (χ0) is 18.5. The molecule has 3 N–H and O–H groups in total. The summed E-state index contributed by atoms with van der Waals surface area (Å²) in [5.74, 6) is -0.675. The zero-order valence-electron chi connectivity index (χ0n) is 13.6. The van der Waals surface area contributed by atoms with Gasteiger partial charge in [-0.1, -0.05) is 6.92 Å². The summed E-state index contributed by atoms with van der Waals surface area (Å²) >= 11 is 3.10. The fraction of sp³-hybridized carbons (Fsp3) is 0.429. The molecule has 1 aromatic carbocycles. The number of nitrogens with zero attached hydrogens (tertiary/aromatic N) is 1. The number of likely N-dealkylation sites (N-methyl/N-ethyl adjacent to an activating group) is 1. The molecule has 2 amide bonds. The Balaban J connectivity index is 3.40. The summed E-state index contributed by atoms with van der Waals surface area (Å²) in [6.07, 6.45) is 0.629. The fourth-order valence-electron chi connectivity index (χ4n) is 2.03. The number of sulfonamides is 1. The van der Waals surface area contributed by atoms with Crippen molar-refractivity contribution in [1.82, 2.24) is 10.2 Å². The average molecular weight is 422 g/mol. The van der Waals surface area contributed by atoms with E-state index in [9.17, 15) is 18.0 Å². The van der Waals surface area contributed by atoms with E-state index in [4.69, 9.17) is 9.88 Å². The van der Waals surface area contributed by atoms with Crippen molar-refractivity contribution in [1.29, 1.82) is 0 Å². The third kappa shape index (κ3) is 4.92. The highest BCUT2D eigenvalue weighted by molar-refractivity contribution is 9.10. The Morgan fingerprint density at radius 3 is 2.46 bits per heavy atom. The molecule has 0 bridgehead atoms. The molecule has 10 heteroatoms. The fourth-order valence-corrected chi connectivity index (χ4v) is 3.65. The van der Waals surface area contributed by atoms with E-state index in [-0.39, 0.29) is 33.1 Å². The molecule has 0 fully saturated rings. The average Bonchev–Trinajstić information content (AvgIpc) is 2.52. The Bertz CT molecular complexity index is 736. The molecule has 0 aliphatic rings. The number of hydrogen-bond donors (Lipinski definition) is 2. The summed E-state index contributed by atoms with van der Waals surface area (Å²) in [5, 5.41) is 7.61. The molecular formula is C14H20BrN3O5S. The van der Waals surface area contributed by atoms with Gasteiger partial charge in [0.05, 0.1) is 24.1 Å². The summed E-state index contributed by atoms with van der Waals surface area (Å²) in [6, 6.07) is 2.50. The second kappa shape index (κ2) is 8.45. The molecule has 0 saturated heterocycles. The number of nitrogens with two attached hydrogens (primary N) is 1. The Labute approximate surface area is 149 Å². The number of methoxy groups -OCH3 is 1. The molecule has 1 rings (SSSR count). The van der Waals surface area contributed by atoms with Crippen LogP contribution in [-0.2, 0) is 14.8 Å². The van der Waals surface area contributed by atoms with Crippen LogP contribution in [0.25, 0.3) is 0 Å². The lowest BCUT2D eigenvalue weighted by molar-refractivity contribution is -0.121. The zero-order valence-corrected chi connectivity index (χ0v) is 16.0. The van der Waals surface area contributed by atoms with Crippen molar-refractivity contribution < 1.29 is 22.7 Å². The maximum Gasteiger partial charge on any atom is 0.258 e. The standard InChI is InChI=1S/C14H20BrN3O5S/c1-4-5-18(8-13(19)17-2)14(20)9-6-12(24(16,21)22)10(15)7-11(9)23-3/h6-7H,4-5,8H2,1-3H3,(H,17,19)(H2,16,21,22). The number of rotatable bonds is 7. The number of primary sulfonamides is 1. The summed E-state index contributed by atoms with van der Waals surface area (Å²) in [4.78, 5) is 25.5. The molecule has 134 valence electrons. The summed E-state index contributed by atoms with van der Waals surface area (Å²) < 4.78 is 28.7. The number of ether oxygens (including phenoxy) is 1. The minimum absolute atomic E-state index is 0.0158. The molecule has 0 aromatic heterocycles. The summed E-state index contributed by atoms with van der Waals surface area (Å²) in [6.45, 7) is 2.04. The van der Waals surface area contributed by atoms with Gasteiger partial charge in [-0.25, -0.2) is 13.6 Å². The highest BCUT2D eigenvalue weighted by Gasteiger charge is 2.25. The second-order valence-electron chi connectivity index (χ2n) is 4.93. The summed E-state index contributed by atoms with van der Waals surface area (Å²) in [5.41, 5.74) is 0.0158. The van der Waals surface area contributed by atoms with Crippen molar-refractivity contribution >= 4 is 37.8 Å². The van der Waals surface area contributed by atoms with Crippen LogP contribution in [0.4, 0.5) is 0 Å². The van der Waals surface area contributed by atoms with Gasteiger partial charge in [-0.05, 0) is 34.5 Å². The van der Waals surface area contributed by atoms with Crippen molar-refractivity contribution in [3.63, 3.8) is 0 Å². The Morgan fingerprint density at radius 1 is 1.38 bits per heavy atom. The Kier molecular flexibility index (Phi) is 7.18. The highest BCUT2D eigenvalue weighted by atomic mass is 79.9. The van der Waals surface area contributed by atoms with Crippen molar-refractivity contribution in [3.05, 3.63) is 22.2 Å². The molecule has 1 aromatic rings. The first-order chi connectivity index (χ1) is 11.1. The largest absolute Gasteiger partial charge is 0.496 e. The third-order valence-corrected chi connectivity index (χ3v) is 5.05. The van der Waals surface area contributed by atoms with E-state index < -0.39 is 15.9 Å². The van der Waals surface area contributed by atoms with E-state index in [1.54, 1.807) is 0 Å². The first-order valence-electron chi connectivity index (χ1n) is 7.05. The molecular weight excluding hydrogens is 402 g/mol. The lowest BCUT2D eigenvalue weighted by Crippen LogP contribution is -2.40. The molecule has 8 nitrogen and oxygen atoms in total. The number of halogens is 1. The molecule has 24 heavy (non-hydrogen) atoms. The van der Waals surface area contributed by atoms with Crippen LogP contribution >= 0.6 is 15.9 Å². The molecule has 0 spiro atoms. The quantitative estimate of drug-likeness (QED) is 0.671. The smallest absolute Gasteiger partial charge is 0.258 e. The number of benzene rings is 1. The van der Waals surface area contributed by atoms with Gasteiger partial charge >= 0.3 is 0 Å². The van der Waals surface area contributed by atoms with Gasteiger partial charge in [-0.3, -0.25) is 9.59 Å². The molecule has 0 radical (unpaired) electrons. The Hall–Kier alpha value is -1.65. The second-order valence-corrected chi connectivity index (χ2v) is 7.31. The van der Waals surface area contributed by atoms with Gasteiger partial charge in [-0.15, -0.1) is 0 Å². The van der Waals surface area contributed by atoms with E-state index in [2.05, 4.69) is 21.2 Å². The normalized spacial score (nSPS) is 11.0. The number of nitrogens with one attached hydrogen (secondary N) is 1. The van der Waals surface area contributed by atoms with Crippen molar-refractivity contribution in [3.8, 4) is 5.75 Å². The van der Waals surface area contributed by atoms with Crippen LogP contribution in [0, 0.1) is 0 Å². The van der Waals surface area contributed by atoms with Gasteiger partial charge in [0.1, 0.15) is 5.75 Å². The van der Waals surface area contributed by atoms with E-state index in [0.717, 1.165) is 6.07 Å². The van der Waals surface area contributed by atoms with Crippen LogP contribution in [0.3, 0.4) is 0 Å². The molecule has 0 atom stereocenters. The maximum atomic E-state index is 12.8. The van der Waals surface area contributed by atoms with E-state index in [1.165, 1.54) is 25.1 Å². The Morgan fingerprint density at radius 2 is 2.00 bits per heavy atom. The predicted octanol–water partition coefficient (Wildman–Crippen LogP) is 0.703. The first-order valence-corrected chi connectivity index (χ1v) is 9.39. The van der Waals surface area contributed by atoms with Crippen molar-refractivity contribution in [2.24, 2.45) is 5.14 Å². The molecule has 0 heterocycles. The number of carbonyl (C=O) groups is 2. The minimum atomic E-state index is -4.03. The molecule has 0 unspecified atom stereocenters. The van der Waals surface area contributed by atoms with Gasteiger partial charge in [0.15, 0.2) is 0 Å². The van der Waals surface area contributed by atoms with Gasteiger partial charge < -0.3 is 15.0 Å². The van der Waals surface area contributed by atoms with Gasteiger partial charge in [0.25, 0.3) is 5.91 Å². The van der Waals surface area contributed by atoms with Crippen LogP contribution in [-0.4, -0.2) is 52.4 Å². The van der Waals surface area contributed by atoms with Crippen LogP contribution in [0.5, 0.6) is 5.75 Å². The van der Waals surface area contributed by atoms with Gasteiger partial charge in [0.2, 0.25) is 15.9 Å². The van der Waals surface area contributed by atoms with Crippen LogP contribution < -0.4 is 15.2 Å². The number of amides is 2. The molecule has 0 aliphatic carbocycles. The monoisotopic (exact) mass is 421 g/mol. The number of hydrogen-bond acceptors (Lipinski definition) is 5. The minimum Gasteiger partial charge on any atom is -0.496 e. The third-order valence-electron chi connectivity index (χ3n) is 3.18. The van der Waals surface area contributed by atoms with E-state index in [0.29, 0.717) is 13.0 Å². The SMILES string of the molecule is CCCN(CC(=O)NC)C(=O)c1cc(S(N)(=O)=O)c(Br)cc1OC. The van der Waals surface area contributed by atoms with E-state index >= 15 is 0 Å². The lowest BCUT2D eigenvalue weighted by Gasteiger charge is -2.22. The molecule has 0 saturated carbocycles.